The molecule has 1 unspecified atom stereocenters. The van der Waals surface area contributed by atoms with Crippen LogP contribution in [0.3, 0.4) is 0 Å². The highest BCUT2D eigenvalue weighted by Crippen LogP contribution is 2.35. The van der Waals surface area contributed by atoms with Gasteiger partial charge in [-0.05, 0) is 35.4 Å². The molecular formula is C40H37N7O7. The molecule has 14 heteroatoms. The van der Waals surface area contributed by atoms with Crippen molar-refractivity contribution in [3.05, 3.63) is 114 Å². The van der Waals surface area contributed by atoms with Crippen LogP contribution < -0.4 is 10.2 Å². The van der Waals surface area contributed by atoms with Gasteiger partial charge in [0, 0.05) is 43.6 Å². The Balaban J connectivity index is 1.05. The van der Waals surface area contributed by atoms with E-state index in [9.17, 15) is 14.4 Å². The summed E-state index contributed by atoms with van der Waals surface area (Å²) >= 11 is 0. The van der Waals surface area contributed by atoms with Crippen LogP contribution in [-0.4, -0.2) is 94.8 Å². The maximum absolute atomic E-state index is 14.1. The van der Waals surface area contributed by atoms with Crippen LogP contribution in [0.15, 0.2) is 108 Å². The SMILES string of the molecule is O=C(Nc1cccc(-c2nc(N3CCOCC3)c3oc4ncccc4c3n2)c1)C1CN(C(=O)OCc2ccccc2)CCN1C(=O)OCc1ccccc1. The zero-order valence-corrected chi connectivity index (χ0v) is 29.3. The second-order valence-corrected chi connectivity index (χ2v) is 12.9. The van der Waals surface area contributed by atoms with E-state index in [1.807, 2.05) is 78.9 Å². The fourth-order valence-corrected chi connectivity index (χ4v) is 6.55. The lowest BCUT2D eigenvalue weighted by atomic mass is 10.1. The van der Waals surface area contributed by atoms with Crippen molar-refractivity contribution in [2.45, 2.75) is 19.3 Å². The minimum atomic E-state index is -1.07. The molecule has 274 valence electrons. The van der Waals surface area contributed by atoms with Crippen LogP contribution in [0.25, 0.3) is 33.6 Å². The Bertz CT molecular complexity index is 2280. The van der Waals surface area contributed by atoms with Gasteiger partial charge in [-0.2, -0.15) is 0 Å². The first kappa shape index (κ1) is 34.5. The number of ether oxygens (including phenoxy) is 3. The zero-order valence-electron chi connectivity index (χ0n) is 29.3. The van der Waals surface area contributed by atoms with Crippen LogP contribution in [0.1, 0.15) is 11.1 Å². The highest BCUT2D eigenvalue weighted by molar-refractivity contribution is 6.05. The second-order valence-electron chi connectivity index (χ2n) is 12.9. The number of carbonyl (C=O) groups excluding carboxylic acids is 3. The summed E-state index contributed by atoms with van der Waals surface area (Å²) in [7, 11) is 0. The first-order valence-corrected chi connectivity index (χ1v) is 17.7. The van der Waals surface area contributed by atoms with E-state index in [0.717, 1.165) is 16.5 Å². The van der Waals surface area contributed by atoms with Gasteiger partial charge in [0.25, 0.3) is 0 Å². The number of benzene rings is 3. The van der Waals surface area contributed by atoms with E-state index < -0.39 is 24.1 Å². The quantitative estimate of drug-likeness (QED) is 0.200. The average molecular weight is 728 g/mol. The molecule has 2 saturated heterocycles. The van der Waals surface area contributed by atoms with Crippen molar-refractivity contribution in [2.24, 2.45) is 0 Å². The van der Waals surface area contributed by atoms with Gasteiger partial charge < -0.3 is 33.7 Å². The lowest BCUT2D eigenvalue weighted by molar-refractivity contribution is -0.122. The molecule has 54 heavy (non-hydrogen) atoms. The van der Waals surface area contributed by atoms with E-state index in [1.165, 1.54) is 9.80 Å². The van der Waals surface area contributed by atoms with Gasteiger partial charge in [0.1, 0.15) is 24.8 Å². The van der Waals surface area contributed by atoms with Crippen molar-refractivity contribution < 1.29 is 33.0 Å². The molecule has 0 radical (unpaired) electrons. The van der Waals surface area contributed by atoms with E-state index in [4.69, 9.17) is 28.6 Å². The molecule has 0 aliphatic carbocycles. The second kappa shape index (κ2) is 15.6. The van der Waals surface area contributed by atoms with Crippen molar-refractivity contribution in [3.8, 4) is 11.4 Å². The summed E-state index contributed by atoms with van der Waals surface area (Å²) in [4.78, 5) is 59.9. The maximum atomic E-state index is 14.1. The molecule has 2 fully saturated rings. The number of piperazine rings is 1. The number of aromatic nitrogens is 3. The molecule has 1 atom stereocenters. The highest BCUT2D eigenvalue weighted by Gasteiger charge is 2.38. The predicted octanol–water partition coefficient (Wildman–Crippen LogP) is 5.87. The normalized spacial score (nSPS) is 16.0. The third kappa shape index (κ3) is 7.50. The van der Waals surface area contributed by atoms with Crippen LogP contribution in [0.2, 0.25) is 0 Å². The Labute approximate surface area is 310 Å². The lowest BCUT2D eigenvalue weighted by Crippen LogP contribution is -2.60. The minimum Gasteiger partial charge on any atom is -0.445 e. The van der Waals surface area contributed by atoms with Gasteiger partial charge in [0.05, 0.1) is 25.1 Å². The summed E-state index contributed by atoms with van der Waals surface area (Å²) in [6, 6.07) is 28.5. The first-order chi connectivity index (χ1) is 26.5. The van der Waals surface area contributed by atoms with Crippen LogP contribution in [0, 0.1) is 0 Å². The monoisotopic (exact) mass is 727 g/mol. The van der Waals surface area contributed by atoms with Gasteiger partial charge in [-0.1, -0.05) is 72.8 Å². The third-order valence-electron chi connectivity index (χ3n) is 9.36. The smallest absolute Gasteiger partial charge is 0.410 e. The van der Waals surface area contributed by atoms with E-state index in [1.54, 1.807) is 24.4 Å². The van der Waals surface area contributed by atoms with Gasteiger partial charge in [0.2, 0.25) is 11.6 Å². The number of amides is 3. The largest absolute Gasteiger partial charge is 0.445 e. The molecule has 3 amide bonds. The van der Waals surface area contributed by atoms with Crippen LogP contribution >= 0.6 is 0 Å². The average Bonchev–Trinajstić information content (AvgIpc) is 3.61. The Morgan fingerprint density at radius 3 is 2.24 bits per heavy atom. The number of nitrogens with one attached hydrogen (secondary N) is 1. The highest BCUT2D eigenvalue weighted by atomic mass is 16.6. The number of morpholine rings is 1. The van der Waals surface area contributed by atoms with E-state index in [-0.39, 0.29) is 32.8 Å². The summed E-state index contributed by atoms with van der Waals surface area (Å²) in [5, 5.41) is 3.72. The molecule has 3 aromatic carbocycles. The van der Waals surface area contributed by atoms with Crippen LogP contribution in [-0.2, 0) is 32.2 Å². The fraction of sp³-hybridized carbons (Fsp3) is 0.250. The van der Waals surface area contributed by atoms with Crippen molar-refractivity contribution in [3.63, 3.8) is 0 Å². The maximum Gasteiger partial charge on any atom is 0.410 e. The number of pyridine rings is 1. The first-order valence-electron chi connectivity index (χ1n) is 17.7. The van der Waals surface area contributed by atoms with Crippen molar-refractivity contribution in [1.29, 1.82) is 0 Å². The van der Waals surface area contributed by atoms with Crippen LogP contribution in [0.4, 0.5) is 21.1 Å². The molecule has 14 nitrogen and oxygen atoms in total. The number of carbonyl (C=O) groups is 3. The summed E-state index contributed by atoms with van der Waals surface area (Å²) in [5.41, 5.74) is 4.38. The third-order valence-corrected chi connectivity index (χ3v) is 9.36. The van der Waals surface area contributed by atoms with Gasteiger partial charge in [-0.3, -0.25) is 9.69 Å². The molecule has 2 aliphatic heterocycles. The topological polar surface area (TPSA) is 152 Å². The summed E-state index contributed by atoms with van der Waals surface area (Å²) in [5.74, 6) is 0.571. The molecular weight excluding hydrogens is 690 g/mol. The minimum absolute atomic E-state index is 0.0359. The number of furan rings is 1. The molecule has 2 aliphatic rings. The Kier molecular flexibility index (Phi) is 9.98. The standard InChI is InChI=1S/C40H37N7O7/c48-37(32-24-46(39(49)52-25-27-9-3-1-4-10-27)17-18-47(32)40(50)53-26-28-11-5-2-6-12-28)42-30-14-7-13-29(23-30)35-43-33-31-15-8-16-41-38(31)54-34(33)36(44-35)45-19-21-51-22-20-45/h1-16,23,32H,17-22,24-26H2,(H,42,48). The molecule has 3 aromatic heterocycles. The van der Waals surface area contributed by atoms with E-state index >= 15 is 0 Å². The number of nitrogens with zero attached hydrogens (tertiary/aromatic N) is 6. The van der Waals surface area contributed by atoms with E-state index in [0.29, 0.717) is 66.0 Å². The lowest BCUT2D eigenvalue weighted by Gasteiger charge is -2.39. The van der Waals surface area contributed by atoms with Crippen molar-refractivity contribution in [1.82, 2.24) is 24.8 Å². The Hall–Kier alpha value is -6.54. The molecule has 0 spiro atoms. The molecule has 0 saturated carbocycles. The predicted molar refractivity (Wildman–Crippen MR) is 200 cm³/mol. The number of fused-ring (bicyclic) bond motifs is 3. The van der Waals surface area contributed by atoms with Crippen molar-refractivity contribution >= 4 is 51.8 Å². The zero-order chi connectivity index (χ0) is 36.9. The van der Waals surface area contributed by atoms with Gasteiger partial charge in [-0.15, -0.1) is 0 Å². The van der Waals surface area contributed by atoms with Crippen LogP contribution in [0.5, 0.6) is 0 Å². The molecule has 1 N–H and O–H groups in total. The van der Waals surface area contributed by atoms with Crippen molar-refractivity contribution in [2.75, 3.05) is 56.2 Å². The fourth-order valence-electron chi connectivity index (χ4n) is 6.55. The molecule has 6 aromatic rings. The summed E-state index contributed by atoms with van der Waals surface area (Å²) in [6.45, 7) is 2.63. The Morgan fingerprint density at radius 2 is 1.50 bits per heavy atom. The summed E-state index contributed by atoms with van der Waals surface area (Å²) < 4.78 is 22.9. The van der Waals surface area contributed by atoms with Gasteiger partial charge in [0.15, 0.2) is 17.2 Å². The summed E-state index contributed by atoms with van der Waals surface area (Å²) in [6.07, 6.45) is 0.425. The Morgan fingerprint density at radius 1 is 0.778 bits per heavy atom. The molecule has 0 bridgehead atoms. The molecule has 8 rings (SSSR count). The number of hydrogen-bond acceptors (Lipinski definition) is 11. The number of rotatable bonds is 8. The number of hydrogen-bond donors (Lipinski definition) is 1. The van der Waals surface area contributed by atoms with E-state index in [2.05, 4.69) is 15.2 Å². The van der Waals surface area contributed by atoms with Gasteiger partial charge >= 0.3 is 12.2 Å². The number of anilines is 2. The molecule has 5 heterocycles. The van der Waals surface area contributed by atoms with Gasteiger partial charge in [-0.25, -0.2) is 24.5 Å².